The van der Waals surface area contributed by atoms with E-state index >= 15 is 0 Å². The molecule has 0 bridgehead atoms. The number of hydrogen-bond donors (Lipinski definition) is 2. The highest BCUT2D eigenvalue weighted by Crippen LogP contribution is 2.04. The summed E-state index contributed by atoms with van der Waals surface area (Å²) in [6.45, 7) is 1.31. The van der Waals surface area contributed by atoms with Gasteiger partial charge in [-0.05, 0) is 0 Å². The molecule has 0 aromatic rings. The van der Waals surface area contributed by atoms with Crippen LogP contribution in [0.5, 0.6) is 0 Å². The van der Waals surface area contributed by atoms with Crippen LogP contribution in [0.1, 0.15) is 6.92 Å². The average Bonchev–Trinajstić information content (AvgIpc) is 2.51. The van der Waals surface area contributed by atoms with Gasteiger partial charge in [-0.15, -0.1) is 0 Å². The first-order valence-electron chi connectivity index (χ1n) is 3.21. The van der Waals surface area contributed by atoms with Crippen molar-refractivity contribution in [2.75, 3.05) is 6.79 Å². The van der Waals surface area contributed by atoms with Gasteiger partial charge >= 0.3 is 5.91 Å². The lowest BCUT2D eigenvalue weighted by Crippen LogP contribution is -2.41. The summed E-state index contributed by atoms with van der Waals surface area (Å²) in [7, 11) is 0. The first-order valence-corrected chi connectivity index (χ1v) is 3.21. The van der Waals surface area contributed by atoms with Crippen molar-refractivity contribution in [1.82, 2.24) is 10.9 Å². The molecule has 1 aliphatic heterocycles. The minimum Gasteiger partial charge on any atom is -0.461 e. The molecule has 66 valence electrons. The first-order chi connectivity index (χ1) is 5.70. The van der Waals surface area contributed by atoms with Gasteiger partial charge < -0.3 is 9.47 Å². The van der Waals surface area contributed by atoms with E-state index in [2.05, 4.69) is 15.6 Å². The van der Waals surface area contributed by atoms with Gasteiger partial charge in [-0.25, -0.2) is 0 Å². The predicted molar refractivity (Wildman–Crippen MR) is 37.1 cm³/mol. The van der Waals surface area contributed by atoms with Crippen LogP contribution in [0, 0.1) is 0 Å². The Balaban J connectivity index is 2.33. The second-order valence-corrected chi connectivity index (χ2v) is 2.05. The molecule has 1 rings (SSSR count). The number of amides is 2. The molecule has 6 nitrogen and oxygen atoms in total. The fraction of sp³-hybridized carbons (Fsp3) is 0.333. The second kappa shape index (κ2) is 3.61. The molecule has 0 unspecified atom stereocenters. The third kappa shape index (κ3) is 2.15. The summed E-state index contributed by atoms with van der Waals surface area (Å²) in [5, 5.41) is 0. The SMILES string of the molecule is CC(=O)NNC(=O)C1=COCO1. The Morgan fingerprint density at radius 2 is 2.25 bits per heavy atom. The van der Waals surface area contributed by atoms with E-state index in [1.807, 2.05) is 0 Å². The van der Waals surface area contributed by atoms with Crippen molar-refractivity contribution in [2.24, 2.45) is 0 Å². The Kier molecular flexibility index (Phi) is 2.52. The van der Waals surface area contributed by atoms with Gasteiger partial charge in [-0.2, -0.15) is 0 Å². The third-order valence-corrected chi connectivity index (χ3v) is 1.05. The molecule has 0 aromatic carbocycles. The van der Waals surface area contributed by atoms with E-state index in [4.69, 9.17) is 4.74 Å². The van der Waals surface area contributed by atoms with E-state index in [-0.39, 0.29) is 18.5 Å². The molecule has 0 aliphatic carbocycles. The van der Waals surface area contributed by atoms with Crippen molar-refractivity contribution < 1.29 is 19.1 Å². The summed E-state index contributed by atoms with van der Waals surface area (Å²) in [5.74, 6) is -0.852. The Morgan fingerprint density at radius 1 is 1.50 bits per heavy atom. The number of carbonyl (C=O) groups excluding carboxylic acids is 2. The lowest BCUT2D eigenvalue weighted by atomic mass is 10.5. The smallest absolute Gasteiger partial charge is 0.308 e. The molecule has 0 spiro atoms. The van der Waals surface area contributed by atoms with Crippen LogP contribution in [-0.2, 0) is 19.1 Å². The largest absolute Gasteiger partial charge is 0.461 e. The molecule has 2 N–H and O–H groups in total. The molecule has 2 amide bonds. The highest BCUT2D eigenvalue weighted by Gasteiger charge is 2.15. The predicted octanol–water partition coefficient (Wildman–Crippen LogP) is -1.00. The van der Waals surface area contributed by atoms with Gasteiger partial charge in [0.2, 0.25) is 18.5 Å². The van der Waals surface area contributed by atoms with Crippen LogP contribution in [0.3, 0.4) is 0 Å². The number of rotatable bonds is 1. The zero-order chi connectivity index (χ0) is 8.97. The number of carbonyl (C=O) groups is 2. The second-order valence-electron chi connectivity index (χ2n) is 2.05. The molecule has 1 heterocycles. The van der Waals surface area contributed by atoms with Crippen LogP contribution in [0.15, 0.2) is 12.0 Å². The molecular weight excluding hydrogens is 164 g/mol. The molecule has 0 atom stereocenters. The molecule has 0 saturated heterocycles. The van der Waals surface area contributed by atoms with Crippen LogP contribution < -0.4 is 10.9 Å². The van der Waals surface area contributed by atoms with Gasteiger partial charge in [0, 0.05) is 6.92 Å². The molecule has 0 saturated carbocycles. The number of nitrogens with one attached hydrogen (secondary N) is 2. The molecule has 1 aliphatic rings. The summed E-state index contributed by atoms with van der Waals surface area (Å²) in [6.07, 6.45) is 1.18. The summed E-state index contributed by atoms with van der Waals surface area (Å²) >= 11 is 0. The quantitative estimate of drug-likeness (QED) is 0.497. The Labute approximate surface area is 68.5 Å². The average molecular weight is 172 g/mol. The van der Waals surface area contributed by atoms with Gasteiger partial charge in [0.1, 0.15) is 6.26 Å². The fourth-order valence-corrected chi connectivity index (χ4v) is 0.567. The van der Waals surface area contributed by atoms with Gasteiger partial charge in [0.15, 0.2) is 0 Å². The number of ether oxygens (including phenoxy) is 2. The Bertz CT molecular complexity index is 236. The molecule has 0 aromatic heterocycles. The van der Waals surface area contributed by atoms with E-state index in [0.717, 1.165) is 0 Å². The maximum absolute atomic E-state index is 11.0. The normalized spacial score (nSPS) is 13.9. The maximum atomic E-state index is 11.0. The highest BCUT2D eigenvalue weighted by molar-refractivity contribution is 5.92. The van der Waals surface area contributed by atoms with Gasteiger partial charge in [-0.3, -0.25) is 20.4 Å². The molecule has 6 heteroatoms. The van der Waals surface area contributed by atoms with Crippen LogP contribution in [0.2, 0.25) is 0 Å². The molecular formula is C6H8N2O4. The molecule has 0 fully saturated rings. The van der Waals surface area contributed by atoms with Crippen LogP contribution >= 0.6 is 0 Å². The van der Waals surface area contributed by atoms with E-state index in [9.17, 15) is 9.59 Å². The summed E-state index contributed by atoms with van der Waals surface area (Å²) in [4.78, 5) is 21.3. The van der Waals surface area contributed by atoms with Crippen molar-refractivity contribution in [2.45, 2.75) is 6.92 Å². The molecule has 12 heavy (non-hydrogen) atoms. The minimum absolute atomic E-state index is 0.0306. The van der Waals surface area contributed by atoms with E-state index in [1.54, 1.807) is 0 Å². The maximum Gasteiger partial charge on any atom is 0.308 e. The first kappa shape index (κ1) is 8.38. The zero-order valence-electron chi connectivity index (χ0n) is 6.42. The summed E-state index contributed by atoms with van der Waals surface area (Å²) in [5.41, 5.74) is 4.22. The topological polar surface area (TPSA) is 76.7 Å². The monoisotopic (exact) mass is 172 g/mol. The fourth-order valence-electron chi connectivity index (χ4n) is 0.567. The van der Waals surface area contributed by atoms with Crippen molar-refractivity contribution in [3.63, 3.8) is 0 Å². The van der Waals surface area contributed by atoms with Crippen LogP contribution in [0.25, 0.3) is 0 Å². The lowest BCUT2D eigenvalue weighted by molar-refractivity contribution is -0.127. The standard InChI is InChI=1S/C6H8N2O4/c1-4(9)7-8-6(10)5-2-11-3-12-5/h2H,3H2,1H3,(H,7,9)(H,8,10). The van der Waals surface area contributed by atoms with E-state index in [0.29, 0.717) is 0 Å². The minimum atomic E-state index is -0.539. The highest BCUT2D eigenvalue weighted by atomic mass is 16.7. The molecule has 0 radical (unpaired) electrons. The van der Waals surface area contributed by atoms with E-state index in [1.165, 1.54) is 13.2 Å². The lowest BCUT2D eigenvalue weighted by Gasteiger charge is -2.03. The van der Waals surface area contributed by atoms with E-state index < -0.39 is 5.91 Å². The van der Waals surface area contributed by atoms with Crippen molar-refractivity contribution >= 4 is 11.8 Å². The van der Waals surface area contributed by atoms with Gasteiger partial charge in [0.05, 0.1) is 0 Å². The Morgan fingerprint density at radius 3 is 2.75 bits per heavy atom. The van der Waals surface area contributed by atoms with Gasteiger partial charge in [0.25, 0.3) is 0 Å². The van der Waals surface area contributed by atoms with Crippen molar-refractivity contribution in [3.05, 3.63) is 12.0 Å². The van der Waals surface area contributed by atoms with Crippen LogP contribution in [-0.4, -0.2) is 18.6 Å². The summed E-state index contributed by atoms with van der Waals surface area (Å²) < 4.78 is 9.35. The van der Waals surface area contributed by atoms with Gasteiger partial charge in [-0.1, -0.05) is 0 Å². The summed E-state index contributed by atoms with van der Waals surface area (Å²) in [6, 6.07) is 0. The third-order valence-electron chi connectivity index (χ3n) is 1.05. The van der Waals surface area contributed by atoms with Crippen LogP contribution in [0.4, 0.5) is 0 Å². The zero-order valence-corrected chi connectivity index (χ0v) is 6.42. The van der Waals surface area contributed by atoms with Crippen molar-refractivity contribution in [3.8, 4) is 0 Å². The number of hydrogen-bond acceptors (Lipinski definition) is 4. The number of hydrazine groups is 1. The Hall–Kier alpha value is -1.72. The van der Waals surface area contributed by atoms with Crippen molar-refractivity contribution in [1.29, 1.82) is 0 Å².